The van der Waals surface area contributed by atoms with Crippen LogP contribution in [0.2, 0.25) is 0 Å². The molecule has 2 heterocycles. The van der Waals surface area contributed by atoms with Gasteiger partial charge in [0.25, 0.3) is 5.91 Å². The zero-order valence-electron chi connectivity index (χ0n) is 9.74. The Balaban J connectivity index is 2.06. The van der Waals surface area contributed by atoms with E-state index in [1.54, 1.807) is 36.5 Å². The highest BCUT2D eigenvalue weighted by Crippen LogP contribution is 2.19. The molecule has 0 atom stereocenters. The Morgan fingerprint density at radius 2 is 2.11 bits per heavy atom. The number of carbonyl (C=O) groups excluding carboxylic acids is 1. The van der Waals surface area contributed by atoms with E-state index in [9.17, 15) is 9.59 Å². The summed E-state index contributed by atoms with van der Waals surface area (Å²) in [5, 5.41) is 11.2. The van der Waals surface area contributed by atoms with Crippen LogP contribution in [0.3, 0.4) is 0 Å². The summed E-state index contributed by atoms with van der Waals surface area (Å²) in [6, 6.07) is 8.56. The first-order valence-corrected chi connectivity index (χ1v) is 6.20. The van der Waals surface area contributed by atoms with Crippen LogP contribution in [0.5, 0.6) is 0 Å². The average molecular weight is 274 g/mol. The van der Waals surface area contributed by atoms with Crippen LogP contribution in [0.15, 0.2) is 42.6 Å². The zero-order chi connectivity index (χ0) is 13.7. The maximum Gasteiger partial charge on any atom is 0.328 e. The highest BCUT2D eigenvalue weighted by Gasteiger charge is 2.09. The van der Waals surface area contributed by atoms with E-state index >= 15 is 0 Å². The van der Waals surface area contributed by atoms with E-state index in [0.717, 1.165) is 6.08 Å². The number of amides is 1. The van der Waals surface area contributed by atoms with Gasteiger partial charge < -0.3 is 10.4 Å². The van der Waals surface area contributed by atoms with E-state index in [2.05, 4.69) is 10.3 Å². The molecule has 0 saturated carbocycles. The molecule has 2 rings (SSSR count). The molecule has 5 nitrogen and oxygen atoms in total. The van der Waals surface area contributed by atoms with Crippen LogP contribution in [-0.4, -0.2) is 22.0 Å². The molecule has 2 aromatic heterocycles. The molecule has 0 aliphatic rings. The lowest BCUT2D eigenvalue weighted by atomic mass is 10.3. The fourth-order valence-corrected chi connectivity index (χ4v) is 2.14. The molecule has 6 heteroatoms. The van der Waals surface area contributed by atoms with Crippen molar-refractivity contribution in [3.05, 3.63) is 52.4 Å². The summed E-state index contributed by atoms with van der Waals surface area (Å²) >= 11 is 1.21. The molecule has 0 radical (unpaired) electrons. The molecule has 2 N–H and O–H groups in total. The van der Waals surface area contributed by atoms with Crippen molar-refractivity contribution < 1.29 is 14.7 Å². The molecule has 0 saturated heterocycles. The van der Waals surface area contributed by atoms with Crippen molar-refractivity contribution in [3.8, 4) is 0 Å². The van der Waals surface area contributed by atoms with Gasteiger partial charge in [-0.15, -0.1) is 11.3 Å². The molecule has 0 aromatic carbocycles. The highest BCUT2D eigenvalue weighted by atomic mass is 32.1. The summed E-state index contributed by atoms with van der Waals surface area (Å²) in [7, 11) is 0. The number of pyridine rings is 1. The summed E-state index contributed by atoms with van der Waals surface area (Å²) in [6.07, 6.45) is 4.07. The van der Waals surface area contributed by atoms with Gasteiger partial charge in [-0.3, -0.25) is 4.79 Å². The lowest BCUT2D eigenvalue weighted by Gasteiger charge is -2.00. The smallest absolute Gasteiger partial charge is 0.328 e. The van der Waals surface area contributed by atoms with E-state index in [1.165, 1.54) is 17.4 Å². The van der Waals surface area contributed by atoms with E-state index in [-0.39, 0.29) is 5.91 Å². The van der Waals surface area contributed by atoms with Crippen LogP contribution in [0, 0.1) is 0 Å². The Hall–Kier alpha value is -2.47. The van der Waals surface area contributed by atoms with Crippen molar-refractivity contribution in [1.29, 1.82) is 0 Å². The van der Waals surface area contributed by atoms with Crippen LogP contribution in [-0.2, 0) is 4.79 Å². The maximum absolute atomic E-state index is 11.9. The normalized spacial score (nSPS) is 10.5. The minimum absolute atomic E-state index is 0.265. The van der Waals surface area contributed by atoms with Gasteiger partial charge in [-0.1, -0.05) is 6.07 Å². The van der Waals surface area contributed by atoms with Gasteiger partial charge in [-0.2, -0.15) is 0 Å². The van der Waals surface area contributed by atoms with Crippen molar-refractivity contribution in [3.63, 3.8) is 0 Å². The van der Waals surface area contributed by atoms with Crippen LogP contribution in [0.1, 0.15) is 14.5 Å². The summed E-state index contributed by atoms with van der Waals surface area (Å²) in [4.78, 5) is 27.5. The highest BCUT2D eigenvalue weighted by molar-refractivity contribution is 7.15. The van der Waals surface area contributed by atoms with Gasteiger partial charge in [0.15, 0.2) is 0 Å². The molecule has 0 bridgehead atoms. The van der Waals surface area contributed by atoms with E-state index in [1.807, 2.05) is 0 Å². The number of nitrogens with zero attached hydrogens (tertiary/aromatic N) is 1. The third-order valence-electron chi connectivity index (χ3n) is 2.15. The number of aromatic nitrogens is 1. The molecular weight excluding hydrogens is 264 g/mol. The molecule has 0 aliphatic heterocycles. The van der Waals surface area contributed by atoms with Gasteiger partial charge in [0.05, 0.1) is 4.88 Å². The maximum atomic E-state index is 11.9. The Bertz CT molecular complexity index is 620. The van der Waals surface area contributed by atoms with Crippen molar-refractivity contribution in [1.82, 2.24) is 4.98 Å². The lowest BCUT2D eigenvalue weighted by molar-refractivity contribution is -0.131. The molecule has 1 amide bonds. The number of hydrogen-bond donors (Lipinski definition) is 2. The number of rotatable bonds is 4. The number of anilines is 1. The minimum atomic E-state index is -1.02. The van der Waals surface area contributed by atoms with Gasteiger partial charge in [-0.05, 0) is 30.3 Å². The monoisotopic (exact) mass is 274 g/mol. The van der Waals surface area contributed by atoms with Crippen LogP contribution < -0.4 is 5.32 Å². The quantitative estimate of drug-likeness (QED) is 0.839. The van der Waals surface area contributed by atoms with Crippen molar-refractivity contribution >= 4 is 35.1 Å². The van der Waals surface area contributed by atoms with Crippen LogP contribution in [0.25, 0.3) is 6.08 Å². The van der Waals surface area contributed by atoms with Crippen LogP contribution >= 0.6 is 11.3 Å². The van der Waals surface area contributed by atoms with E-state index in [0.29, 0.717) is 15.6 Å². The average Bonchev–Trinajstić information content (AvgIpc) is 2.86. The minimum Gasteiger partial charge on any atom is -0.478 e. The first-order valence-electron chi connectivity index (χ1n) is 5.38. The zero-order valence-corrected chi connectivity index (χ0v) is 10.6. The SMILES string of the molecule is O=C(O)C=Cc1ccc(C(=O)Nc2ccccn2)s1. The summed E-state index contributed by atoms with van der Waals surface area (Å²) < 4.78 is 0. The second-order valence-electron chi connectivity index (χ2n) is 3.54. The molecule has 0 unspecified atom stereocenters. The summed E-state index contributed by atoms with van der Waals surface area (Å²) in [5.41, 5.74) is 0. The molecule has 19 heavy (non-hydrogen) atoms. The Morgan fingerprint density at radius 1 is 1.26 bits per heavy atom. The first kappa shape index (κ1) is 13.0. The number of carboxylic acid groups (broad SMARTS) is 1. The predicted octanol–water partition coefficient (Wildman–Crippen LogP) is 2.49. The van der Waals surface area contributed by atoms with Gasteiger partial charge in [0, 0.05) is 17.2 Å². The second kappa shape index (κ2) is 5.92. The number of aliphatic carboxylic acids is 1. The van der Waals surface area contributed by atoms with E-state index < -0.39 is 5.97 Å². The number of carboxylic acids is 1. The van der Waals surface area contributed by atoms with Crippen molar-refractivity contribution in [2.75, 3.05) is 5.32 Å². The topological polar surface area (TPSA) is 79.3 Å². The van der Waals surface area contributed by atoms with E-state index in [4.69, 9.17) is 5.11 Å². The van der Waals surface area contributed by atoms with Crippen LogP contribution in [0.4, 0.5) is 5.82 Å². The second-order valence-corrected chi connectivity index (χ2v) is 4.66. The molecule has 0 spiro atoms. The predicted molar refractivity (Wildman–Crippen MR) is 73.2 cm³/mol. The van der Waals surface area contributed by atoms with Crippen molar-refractivity contribution in [2.45, 2.75) is 0 Å². The van der Waals surface area contributed by atoms with Gasteiger partial charge in [-0.25, -0.2) is 9.78 Å². The Morgan fingerprint density at radius 3 is 2.79 bits per heavy atom. The summed E-state index contributed by atoms with van der Waals surface area (Å²) in [5.74, 6) is -0.810. The third-order valence-corrected chi connectivity index (χ3v) is 3.20. The van der Waals surface area contributed by atoms with Crippen molar-refractivity contribution in [2.24, 2.45) is 0 Å². The number of thiophene rings is 1. The molecule has 0 fully saturated rings. The molecule has 2 aromatic rings. The molecule has 0 aliphatic carbocycles. The third kappa shape index (κ3) is 3.75. The lowest BCUT2D eigenvalue weighted by Crippen LogP contribution is -2.10. The van der Waals surface area contributed by atoms with Gasteiger partial charge in [0.2, 0.25) is 0 Å². The fraction of sp³-hybridized carbons (Fsp3) is 0. The number of hydrogen-bond acceptors (Lipinski definition) is 4. The fourth-order valence-electron chi connectivity index (χ4n) is 1.33. The molecule has 96 valence electrons. The summed E-state index contributed by atoms with van der Waals surface area (Å²) in [6.45, 7) is 0. The standard InChI is InChI=1S/C13H10N2O3S/c16-12(17)7-5-9-4-6-10(19-9)13(18)15-11-3-1-2-8-14-11/h1-8H,(H,16,17)(H,14,15,18). The first-order chi connectivity index (χ1) is 9.15. The Kier molecular flexibility index (Phi) is 4.04. The van der Waals surface area contributed by atoms with Gasteiger partial charge in [0.1, 0.15) is 5.82 Å². The number of nitrogens with one attached hydrogen (secondary N) is 1. The number of carbonyl (C=O) groups is 2. The Labute approximate surface area is 113 Å². The molecular formula is C13H10N2O3S. The van der Waals surface area contributed by atoms with Gasteiger partial charge >= 0.3 is 5.97 Å². The largest absolute Gasteiger partial charge is 0.478 e.